The van der Waals surface area contributed by atoms with Crippen molar-refractivity contribution >= 4 is 33.2 Å². The molecule has 0 fully saturated rings. The van der Waals surface area contributed by atoms with E-state index in [1.807, 2.05) is 0 Å². The molecule has 21 heavy (non-hydrogen) atoms. The normalized spacial score (nSPS) is 10.8. The van der Waals surface area contributed by atoms with E-state index in [0.717, 1.165) is 10.0 Å². The van der Waals surface area contributed by atoms with Gasteiger partial charge in [0.25, 0.3) is 5.89 Å². The second-order valence-electron chi connectivity index (χ2n) is 4.29. The van der Waals surface area contributed by atoms with E-state index in [0.29, 0.717) is 23.0 Å². The molecule has 1 heterocycles. The molecule has 1 aromatic heterocycles. The highest BCUT2D eigenvalue weighted by Gasteiger charge is 2.13. The zero-order chi connectivity index (χ0) is 15.0. The Kier molecular flexibility index (Phi) is 3.65. The lowest BCUT2D eigenvalue weighted by molar-refractivity contribution is 0.432. The van der Waals surface area contributed by atoms with Gasteiger partial charge in [0, 0.05) is 21.3 Å². The summed E-state index contributed by atoms with van der Waals surface area (Å²) >= 11 is 9.08. The maximum Gasteiger partial charge on any atom is 0.258 e. The Hall–Kier alpha value is -1.92. The first-order valence-corrected chi connectivity index (χ1v) is 7.06. The Morgan fingerprint density at radius 2 is 1.90 bits per heavy atom. The van der Waals surface area contributed by atoms with Crippen LogP contribution in [0.1, 0.15) is 0 Å². The summed E-state index contributed by atoms with van der Waals surface area (Å²) in [5, 5.41) is 3.88. The lowest BCUT2D eigenvalue weighted by atomic mass is 10.2. The van der Waals surface area contributed by atoms with E-state index in [9.17, 15) is 4.39 Å². The van der Waals surface area contributed by atoms with Crippen LogP contribution in [0.15, 0.2) is 45.4 Å². The molecule has 0 aliphatic heterocycles. The van der Waals surface area contributed by atoms with Crippen molar-refractivity contribution in [1.29, 1.82) is 0 Å². The molecule has 2 N–H and O–H groups in total. The average molecular weight is 369 g/mol. The predicted octanol–water partition coefficient (Wildman–Crippen LogP) is 4.54. The molecular weight excluding hydrogens is 361 g/mol. The maximum atomic E-state index is 13.2. The molecule has 0 radical (unpaired) electrons. The molecule has 0 spiro atoms. The number of hydrogen-bond acceptors (Lipinski definition) is 4. The van der Waals surface area contributed by atoms with Gasteiger partial charge in [-0.25, -0.2) is 4.39 Å². The van der Waals surface area contributed by atoms with Crippen LogP contribution >= 0.6 is 27.5 Å². The van der Waals surface area contributed by atoms with Crippen LogP contribution in [0.2, 0.25) is 5.02 Å². The monoisotopic (exact) mass is 367 g/mol. The van der Waals surface area contributed by atoms with E-state index < -0.39 is 5.82 Å². The fourth-order valence-corrected chi connectivity index (χ4v) is 2.31. The second kappa shape index (κ2) is 5.46. The van der Waals surface area contributed by atoms with E-state index in [-0.39, 0.29) is 5.02 Å². The Morgan fingerprint density at radius 1 is 1.14 bits per heavy atom. The quantitative estimate of drug-likeness (QED) is 0.674. The van der Waals surface area contributed by atoms with E-state index >= 15 is 0 Å². The average Bonchev–Trinajstić information content (AvgIpc) is 2.94. The minimum absolute atomic E-state index is 0.00841. The molecule has 2 aromatic carbocycles. The lowest BCUT2D eigenvalue weighted by Gasteiger charge is -1.99. The van der Waals surface area contributed by atoms with Crippen LogP contribution in [0, 0.1) is 5.82 Å². The van der Waals surface area contributed by atoms with Crippen molar-refractivity contribution in [2.45, 2.75) is 0 Å². The first-order valence-electron chi connectivity index (χ1n) is 5.89. The number of anilines is 1. The summed E-state index contributed by atoms with van der Waals surface area (Å²) in [4.78, 5) is 4.27. The molecule has 106 valence electrons. The molecule has 0 saturated carbocycles. The number of nitrogen functional groups attached to an aromatic ring is 1. The van der Waals surface area contributed by atoms with Crippen molar-refractivity contribution in [2.75, 3.05) is 5.73 Å². The summed E-state index contributed by atoms with van der Waals surface area (Å²) in [6.07, 6.45) is 0. The fourth-order valence-electron chi connectivity index (χ4n) is 1.75. The van der Waals surface area contributed by atoms with Gasteiger partial charge in [-0.05, 0) is 52.3 Å². The highest BCUT2D eigenvalue weighted by atomic mass is 79.9. The molecular formula is C14H8BrClFN3O. The number of benzene rings is 2. The summed E-state index contributed by atoms with van der Waals surface area (Å²) < 4.78 is 19.1. The van der Waals surface area contributed by atoms with Gasteiger partial charge in [-0.3, -0.25) is 0 Å². The van der Waals surface area contributed by atoms with Gasteiger partial charge in [0.15, 0.2) is 0 Å². The Morgan fingerprint density at radius 3 is 2.62 bits per heavy atom. The van der Waals surface area contributed by atoms with E-state index in [1.54, 1.807) is 18.2 Å². The molecule has 0 bridgehead atoms. The summed E-state index contributed by atoms with van der Waals surface area (Å²) in [5.74, 6) is 0.178. The van der Waals surface area contributed by atoms with Crippen molar-refractivity contribution in [3.05, 3.63) is 51.7 Å². The molecule has 3 aromatic rings. The highest BCUT2D eigenvalue weighted by molar-refractivity contribution is 9.10. The van der Waals surface area contributed by atoms with Crippen molar-refractivity contribution in [3.63, 3.8) is 0 Å². The Balaban J connectivity index is 1.99. The largest absolute Gasteiger partial charge is 0.398 e. The molecule has 0 saturated heterocycles. The third-order valence-electron chi connectivity index (χ3n) is 2.85. The van der Waals surface area contributed by atoms with Crippen molar-refractivity contribution in [3.8, 4) is 22.8 Å². The zero-order valence-electron chi connectivity index (χ0n) is 10.5. The minimum Gasteiger partial charge on any atom is -0.398 e. The molecule has 7 heteroatoms. The number of aromatic nitrogens is 2. The Labute approximate surface area is 132 Å². The SMILES string of the molecule is Nc1ccc(-c2nc(-c3ccc(F)c(Cl)c3)no2)cc1Br. The fraction of sp³-hybridized carbons (Fsp3) is 0. The molecule has 0 atom stereocenters. The summed E-state index contributed by atoms with van der Waals surface area (Å²) in [7, 11) is 0. The number of rotatable bonds is 2. The van der Waals surface area contributed by atoms with Crippen LogP contribution < -0.4 is 5.73 Å². The highest BCUT2D eigenvalue weighted by Crippen LogP contribution is 2.28. The minimum atomic E-state index is -0.494. The van der Waals surface area contributed by atoms with Gasteiger partial charge in [0.05, 0.1) is 5.02 Å². The number of nitrogens with zero attached hydrogens (tertiary/aromatic N) is 2. The van der Waals surface area contributed by atoms with Gasteiger partial charge >= 0.3 is 0 Å². The predicted molar refractivity (Wildman–Crippen MR) is 82.3 cm³/mol. The molecule has 0 unspecified atom stereocenters. The summed E-state index contributed by atoms with van der Waals surface area (Å²) in [5.41, 5.74) is 7.64. The Bertz CT molecular complexity index is 756. The van der Waals surface area contributed by atoms with Crippen molar-refractivity contribution in [2.24, 2.45) is 0 Å². The van der Waals surface area contributed by atoms with Gasteiger partial charge in [0.1, 0.15) is 5.82 Å². The van der Waals surface area contributed by atoms with Crippen LogP contribution in [-0.4, -0.2) is 10.1 Å². The topological polar surface area (TPSA) is 64.9 Å². The molecule has 4 nitrogen and oxygen atoms in total. The summed E-state index contributed by atoms with van der Waals surface area (Å²) in [6, 6.07) is 9.53. The second-order valence-corrected chi connectivity index (χ2v) is 5.55. The zero-order valence-corrected chi connectivity index (χ0v) is 12.8. The van der Waals surface area contributed by atoms with E-state index in [2.05, 4.69) is 26.1 Å². The van der Waals surface area contributed by atoms with Gasteiger partial charge in [-0.1, -0.05) is 16.8 Å². The molecule has 3 rings (SSSR count). The van der Waals surface area contributed by atoms with Gasteiger partial charge in [0.2, 0.25) is 5.82 Å². The first-order chi connectivity index (χ1) is 10.0. The number of hydrogen-bond donors (Lipinski definition) is 1. The first kappa shape index (κ1) is 14.0. The molecule has 0 aliphatic rings. The smallest absolute Gasteiger partial charge is 0.258 e. The molecule has 0 amide bonds. The van der Waals surface area contributed by atoms with Crippen LogP contribution in [0.25, 0.3) is 22.8 Å². The van der Waals surface area contributed by atoms with Crippen LogP contribution in [0.3, 0.4) is 0 Å². The number of halogens is 3. The van der Waals surface area contributed by atoms with Crippen LogP contribution in [0.4, 0.5) is 10.1 Å². The van der Waals surface area contributed by atoms with Gasteiger partial charge in [-0.15, -0.1) is 0 Å². The maximum absolute atomic E-state index is 13.2. The van der Waals surface area contributed by atoms with Crippen molar-refractivity contribution in [1.82, 2.24) is 10.1 Å². The van der Waals surface area contributed by atoms with Crippen molar-refractivity contribution < 1.29 is 8.91 Å². The van der Waals surface area contributed by atoms with Crippen LogP contribution in [-0.2, 0) is 0 Å². The number of nitrogens with two attached hydrogens (primary N) is 1. The standard InChI is InChI=1S/C14H8BrClFN3O/c15-9-5-8(2-4-12(9)18)14-19-13(20-21-14)7-1-3-11(17)10(16)6-7/h1-6H,18H2. The lowest BCUT2D eigenvalue weighted by Crippen LogP contribution is -1.87. The summed E-state index contributed by atoms with van der Waals surface area (Å²) in [6.45, 7) is 0. The van der Waals surface area contributed by atoms with Gasteiger partial charge in [-0.2, -0.15) is 4.98 Å². The van der Waals surface area contributed by atoms with E-state index in [1.165, 1.54) is 18.2 Å². The molecule has 0 aliphatic carbocycles. The van der Waals surface area contributed by atoms with E-state index in [4.69, 9.17) is 21.9 Å². The third kappa shape index (κ3) is 2.77. The van der Waals surface area contributed by atoms with Gasteiger partial charge < -0.3 is 10.3 Å². The van der Waals surface area contributed by atoms with Crippen LogP contribution in [0.5, 0.6) is 0 Å². The third-order valence-corrected chi connectivity index (χ3v) is 3.83.